The predicted octanol–water partition coefficient (Wildman–Crippen LogP) is 5.04. The van der Waals surface area contributed by atoms with Crippen LogP contribution in [0.5, 0.6) is 0 Å². The van der Waals surface area contributed by atoms with Gasteiger partial charge < -0.3 is 14.2 Å². The summed E-state index contributed by atoms with van der Waals surface area (Å²) in [5.74, 6) is 2.45. The van der Waals surface area contributed by atoms with E-state index < -0.39 is 0 Å². The molecule has 3 aliphatic heterocycles. The average molecular weight is 474 g/mol. The molecule has 0 bridgehead atoms. The zero-order valence-electron chi connectivity index (χ0n) is 21.4. The fourth-order valence-corrected chi connectivity index (χ4v) is 5.27. The maximum Gasteiger partial charge on any atom is 0.188 e. The summed E-state index contributed by atoms with van der Waals surface area (Å²) < 4.78 is 17.9. The number of benzene rings is 2. The third-order valence-electron chi connectivity index (χ3n) is 7.30. The third kappa shape index (κ3) is 4.97. The lowest BCUT2D eigenvalue weighted by atomic mass is 9.84. The van der Waals surface area contributed by atoms with Gasteiger partial charge in [-0.3, -0.25) is 0 Å². The molecule has 6 nitrogen and oxygen atoms in total. The molecule has 3 atom stereocenters. The van der Waals surface area contributed by atoms with E-state index in [0.717, 1.165) is 17.7 Å². The van der Waals surface area contributed by atoms with Crippen LogP contribution < -0.4 is 0 Å². The van der Waals surface area contributed by atoms with Crippen LogP contribution in [0.2, 0.25) is 0 Å². The Morgan fingerprint density at radius 2 is 1.06 bits per heavy atom. The van der Waals surface area contributed by atoms with Crippen molar-refractivity contribution < 1.29 is 14.2 Å². The Bertz CT molecular complexity index is 1140. The van der Waals surface area contributed by atoms with Gasteiger partial charge in [0.1, 0.15) is 25.9 Å². The van der Waals surface area contributed by atoms with Crippen LogP contribution in [-0.2, 0) is 33.5 Å². The van der Waals surface area contributed by atoms with Gasteiger partial charge in [0, 0.05) is 19.3 Å². The van der Waals surface area contributed by atoms with Gasteiger partial charge in [-0.2, -0.15) is 0 Å². The number of hydrogen-bond donors (Lipinski definition) is 0. The van der Waals surface area contributed by atoms with E-state index in [-0.39, 0.29) is 18.1 Å². The molecule has 184 valence electrons. The van der Waals surface area contributed by atoms with Crippen LogP contribution >= 0.6 is 0 Å². The molecule has 0 N–H and O–H groups in total. The number of nitrogens with zero attached hydrogens (tertiary/aromatic N) is 3. The van der Waals surface area contributed by atoms with Crippen LogP contribution in [0, 0.1) is 20.8 Å². The van der Waals surface area contributed by atoms with E-state index in [9.17, 15) is 0 Å². The van der Waals surface area contributed by atoms with Crippen molar-refractivity contribution in [3.05, 3.63) is 69.3 Å². The maximum atomic E-state index is 6.09. The second-order valence-electron chi connectivity index (χ2n) is 9.97. The third-order valence-corrected chi connectivity index (χ3v) is 7.30. The van der Waals surface area contributed by atoms with Gasteiger partial charge in [-0.15, -0.1) is 0 Å². The second kappa shape index (κ2) is 9.84. The van der Waals surface area contributed by atoms with Crippen molar-refractivity contribution in [1.29, 1.82) is 0 Å². The zero-order valence-corrected chi connectivity index (χ0v) is 21.4. The van der Waals surface area contributed by atoms with Crippen LogP contribution in [0.4, 0.5) is 0 Å². The SMILES string of the molecule is Cc1c(CC2=N[C@H](C)CO2)c(C)c(CC2=N[C@@H](c3ccccc3)CO2)c(C)c1CC1=N[C@H](C)CO1. The summed E-state index contributed by atoms with van der Waals surface area (Å²) in [6.07, 6.45) is 2.08. The Kier molecular flexibility index (Phi) is 6.63. The minimum atomic E-state index is 0.0571. The summed E-state index contributed by atoms with van der Waals surface area (Å²) in [5, 5.41) is 0. The van der Waals surface area contributed by atoms with Crippen molar-refractivity contribution >= 4 is 17.7 Å². The molecule has 0 aliphatic carbocycles. The number of aliphatic imine (C=N–C) groups is 3. The zero-order chi connectivity index (χ0) is 24.5. The fraction of sp³-hybridized carbons (Fsp3) is 0.483. The highest BCUT2D eigenvalue weighted by Gasteiger charge is 2.27. The van der Waals surface area contributed by atoms with E-state index in [2.05, 4.69) is 58.9 Å². The molecule has 3 aliphatic rings. The Hall–Kier alpha value is -3.15. The van der Waals surface area contributed by atoms with Gasteiger partial charge in [0.05, 0.1) is 12.1 Å². The monoisotopic (exact) mass is 473 g/mol. The Labute approximate surface area is 208 Å². The van der Waals surface area contributed by atoms with E-state index in [1.54, 1.807) is 0 Å². The topological polar surface area (TPSA) is 64.8 Å². The molecule has 0 aromatic heterocycles. The van der Waals surface area contributed by atoms with Gasteiger partial charge in [0.25, 0.3) is 0 Å². The molecule has 35 heavy (non-hydrogen) atoms. The summed E-state index contributed by atoms with van der Waals surface area (Å²) >= 11 is 0. The molecular weight excluding hydrogens is 438 g/mol. The van der Waals surface area contributed by atoms with E-state index >= 15 is 0 Å². The molecular formula is C29H35N3O3. The standard InChI is InChI=1S/C29H35N3O3/c1-17-14-33-27(30-17)11-23-19(3)24(12-28-31-18(2)15-34-28)21(5)25(20(23)4)13-29-32-26(16-35-29)22-9-7-6-8-10-22/h6-10,17-18,26H,11-16H2,1-5H3/t17-,18-,26-/m1/s1. The molecule has 0 unspecified atom stereocenters. The van der Waals surface area contributed by atoms with Crippen LogP contribution in [-0.4, -0.2) is 49.6 Å². The number of ether oxygens (including phenoxy) is 3. The highest BCUT2D eigenvalue weighted by molar-refractivity contribution is 5.85. The molecule has 0 fully saturated rings. The molecule has 2 aromatic rings. The molecule has 0 saturated heterocycles. The lowest BCUT2D eigenvalue weighted by Crippen LogP contribution is -2.16. The molecule has 6 heteroatoms. The Balaban J connectivity index is 1.50. The molecule has 0 amide bonds. The molecule has 0 spiro atoms. The first kappa shape index (κ1) is 23.6. The summed E-state index contributed by atoms with van der Waals surface area (Å²) in [4.78, 5) is 14.4. The summed E-state index contributed by atoms with van der Waals surface area (Å²) in [7, 11) is 0. The highest BCUT2D eigenvalue weighted by Crippen LogP contribution is 2.32. The molecule has 0 radical (unpaired) electrons. The maximum absolute atomic E-state index is 6.09. The minimum Gasteiger partial charge on any atom is -0.478 e. The largest absolute Gasteiger partial charge is 0.478 e. The van der Waals surface area contributed by atoms with Gasteiger partial charge in [-0.25, -0.2) is 15.0 Å². The van der Waals surface area contributed by atoms with Crippen LogP contribution in [0.1, 0.15) is 58.8 Å². The quantitative estimate of drug-likeness (QED) is 0.566. The lowest BCUT2D eigenvalue weighted by Gasteiger charge is -2.22. The first-order chi connectivity index (χ1) is 16.9. The normalized spacial score (nSPS) is 23.3. The summed E-state index contributed by atoms with van der Waals surface area (Å²) in [5.41, 5.74) is 8.83. The molecule has 0 saturated carbocycles. The lowest BCUT2D eigenvalue weighted by molar-refractivity contribution is 0.313. The van der Waals surface area contributed by atoms with Crippen molar-refractivity contribution in [2.45, 2.75) is 72.0 Å². The van der Waals surface area contributed by atoms with Crippen molar-refractivity contribution in [2.24, 2.45) is 15.0 Å². The fourth-order valence-electron chi connectivity index (χ4n) is 5.27. The molecule has 5 rings (SSSR count). The number of rotatable bonds is 7. The van der Waals surface area contributed by atoms with Crippen molar-refractivity contribution in [3.8, 4) is 0 Å². The van der Waals surface area contributed by atoms with Crippen LogP contribution in [0.15, 0.2) is 45.3 Å². The van der Waals surface area contributed by atoms with Gasteiger partial charge in [0.2, 0.25) is 0 Å². The minimum absolute atomic E-state index is 0.0571. The van der Waals surface area contributed by atoms with E-state index in [1.807, 2.05) is 6.07 Å². The Morgan fingerprint density at radius 3 is 1.49 bits per heavy atom. The van der Waals surface area contributed by atoms with Crippen LogP contribution in [0.25, 0.3) is 0 Å². The van der Waals surface area contributed by atoms with Crippen LogP contribution in [0.3, 0.4) is 0 Å². The van der Waals surface area contributed by atoms with Crippen molar-refractivity contribution in [2.75, 3.05) is 19.8 Å². The second-order valence-corrected chi connectivity index (χ2v) is 9.97. The van der Waals surface area contributed by atoms with E-state index in [0.29, 0.717) is 39.1 Å². The molecule has 3 heterocycles. The average Bonchev–Trinajstić information content (AvgIpc) is 3.59. The van der Waals surface area contributed by atoms with Gasteiger partial charge in [-0.05, 0) is 73.6 Å². The highest BCUT2D eigenvalue weighted by atomic mass is 16.5. The smallest absolute Gasteiger partial charge is 0.188 e. The molecule has 2 aromatic carbocycles. The van der Waals surface area contributed by atoms with Crippen molar-refractivity contribution in [1.82, 2.24) is 0 Å². The summed E-state index contributed by atoms with van der Waals surface area (Å²) in [6.45, 7) is 12.7. The van der Waals surface area contributed by atoms with Gasteiger partial charge >= 0.3 is 0 Å². The Morgan fingerprint density at radius 1 is 0.629 bits per heavy atom. The number of hydrogen-bond acceptors (Lipinski definition) is 6. The van der Waals surface area contributed by atoms with E-state index in [1.165, 1.54) is 38.9 Å². The van der Waals surface area contributed by atoms with Crippen molar-refractivity contribution in [3.63, 3.8) is 0 Å². The van der Waals surface area contributed by atoms with Gasteiger partial charge in [-0.1, -0.05) is 30.3 Å². The first-order valence-electron chi connectivity index (χ1n) is 12.6. The predicted molar refractivity (Wildman–Crippen MR) is 140 cm³/mol. The van der Waals surface area contributed by atoms with E-state index in [4.69, 9.17) is 29.2 Å². The summed E-state index contributed by atoms with van der Waals surface area (Å²) in [6, 6.07) is 10.9. The first-order valence-corrected chi connectivity index (χ1v) is 12.6. The van der Waals surface area contributed by atoms with Gasteiger partial charge in [0.15, 0.2) is 17.7 Å².